The highest BCUT2D eigenvalue weighted by Gasteiger charge is 2.08. The number of hydrogen-bond donors (Lipinski definition) is 3. The zero-order valence-electron chi connectivity index (χ0n) is 13.3. The van der Waals surface area contributed by atoms with E-state index in [1.807, 2.05) is 0 Å². The summed E-state index contributed by atoms with van der Waals surface area (Å²) in [5, 5.41) is 7.77. The van der Waals surface area contributed by atoms with Crippen LogP contribution in [-0.4, -0.2) is 29.0 Å². The average molecular weight is 337 g/mol. The Morgan fingerprint density at radius 1 is 1.00 bits per heavy atom. The van der Waals surface area contributed by atoms with Gasteiger partial charge in [0.05, 0.1) is 6.20 Å². The van der Waals surface area contributed by atoms with Gasteiger partial charge in [0, 0.05) is 30.1 Å². The van der Waals surface area contributed by atoms with Crippen LogP contribution in [0.5, 0.6) is 0 Å². The third kappa shape index (κ3) is 3.99. The molecular formula is C17H15N5O3. The summed E-state index contributed by atoms with van der Waals surface area (Å²) < 4.78 is 5.21. The van der Waals surface area contributed by atoms with E-state index >= 15 is 0 Å². The van der Waals surface area contributed by atoms with Crippen LogP contribution in [0.1, 0.15) is 10.4 Å². The number of nitrogens with zero attached hydrogens (tertiary/aromatic N) is 2. The maximum absolute atomic E-state index is 12.1. The third-order valence-corrected chi connectivity index (χ3v) is 3.31. The molecule has 0 saturated heterocycles. The molecule has 2 aromatic heterocycles. The lowest BCUT2D eigenvalue weighted by molar-refractivity contribution is 0.0963. The first-order chi connectivity index (χ1) is 12.2. The van der Waals surface area contributed by atoms with Crippen LogP contribution in [0.15, 0.2) is 59.5 Å². The number of urea groups is 1. The molecule has 0 radical (unpaired) electrons. The Morgan fingerprint density at radius 3 is 2.48 bits per heavy atom. The second-order valence-electron chi connectivity index (χ2n) is 5.00. The molecule has 0 aliphatic rings. The Morgan fingerprint density at radius 2 is 1.80 bits per heavy atom. The van der Waals surface area contributed by atoms with Crippen LogP contribution in [0, 0.1) is 0 Å². The van der Waals surface area contributed by atoms with E-state index in [0.717, 1.165) is 5.56 Å². The van der Waals surface area contributed by atoms with Crippen LogP contribution in [0.4, 0.5) is 16.3 Å². The van der Waals surface area contributed by atoms with Gasteiger partial charge in [0.1, 0.15) is 12.1 Å². The van der Waals surface area contributed by atoms with Crippen LogP contribution in [-0.2, 0) is 0 Å². The minimum absolute atomic E-state index is 0.256. The van der Waals surface area contributed by atoms with Crippen molar-refractivity contribution in [1.82, 2.24) is 15.3 Å². The number of rotatable bonds is 4. The SMILES string of the molecule is CNC(=O)c1ccnc(NC(=O)Nc2ccc(-c3ncco3)cc2)c1. The molecule has 0 aliphatic heterocycles. The quantitative estimate of drug-likeness (QED) is 0.678. The van der Waals surface area contributed by atoms with E-state index in [-0.39, 0.29) is 11.7 Å². The molecule has 0 atom stereocenters. The fourth-order valence-electron chi connectivity index (χ4n) is 2.13. The van der Waals surface area contributed by atoms with Crippen molar-refractivity contribution in [2.24, 2.45) is 0 Å². The molecule has 8 heteroatoms. The van der Waals surface area contributed by atoms with Gasteiger partial charge in [-0.1, -0.05) is 0 Å². The highest BCUT2D eigenvalue weighted by molar-refractivity contribution is 6.00. The van der Waals surface area contributed by atoms with Crippen LogP contribution in [0.2, 0.25) is 0 Å². The lowest BCUT2D eigenvalue weighted by Crippen LogP contribution is -2.21. The molecule has 3 rings (SSSR count). The Balaban J connectivity index is 1.64. The Hall–Kier alpha value is -3.68. The number of nitrogens with one attached hydrogen (secondary N) is 3. The van der Waals surface area contributed by atoms with Crippen molar-refractivity contribution in [2.75, 3.05) is 17.7 Å². The molecule has 1 aromatic carbocycles. The Bertz CT molecular complexity index is 876. The monoisotopic (exact) mass is 337 g/mol. The molecule has 3 N–H and O–H groups in total. The lowest BCUT2D eigenvalue weighted by atomic mass is 10.2. The van der Waals surface area contributed by atoms with Crippen molar-refractivity contribution in [3.8, 4) is 11.5 Å². The number of carbonyl (C=O) groups excluding carboxylic acids is 2. The number of pyridine rings is 1. The number of benzene rings is 1. The van der Waals surface area contributed by atoms with E-state index in [1.54, 1.807) is 36.5 Å². The summed E-state index contributed by atoms with van der Waals surface area (Å²) in [5.41, 5.74) is 1.80. The molecule has 126 valence electrons. The number of aromatic nitrogens is 2. The minimum Gasteiger partial charge on any atom is -0.445 e. The van der Waals surface area contributed by atoms with Gasteiger partial charge >= 0.3 is 6.03 Å². The van der Waals surface area contributed by atoms with E-state index in [2.05, 4.69) is 25.9 Å². The van der Waals surface area contributed by atoms with Gasteiger partial charge in [0.2, 0.25) is 5.89 Å². The Kier molecular flexibility index (Phi) is 4.70. The number of carbonyl (C=O) groups is 2. The molecule has 3 aromatic rings. The van der Waals surface area contributed by atoms with E-state index in [0.29, 0.717) is 17.1 Å². The van der Waals surface area contributed by atoms with Crippen molar-refractivity contribution < 1.29 is 14.0 Å². The van der Waals surface area contributed by atoms with E-state index in [4.69, 9.17) is 4.42 Å². The second kappa shape index (κ2) is 7.26. The molecule has 25 heavy (non-hydrogen) atoms. The number of hydrogen-bond acceptors (Lipinski definition) is 5. The van der Waals surface area contributed by atoms with Crippen molar-refractivity contribution in [3.63, 3.8) is 0 Å². The minimum atomic E-state index is -0.467. The fourth-order valence-corrected chi connectivity index (χ4v) is 2.13. The first kappa shape index (κ1) is 16.2. The highest BCUT2D eigenvalue weighted by Crippen LogP contribution is 2.19. The van der Waals surface area contributed by atoms with Gasteiger partial charge < -0.3 is 15.1 Å². The van der Waals surface area contributed by atoms with Gasteiger partial charge in [-0.05, 0) is 36.4 Å². The fraction of sp³-hybridized carbons (Fsp3) is 0.0588. The molecule has 8 nitrogen and oxygen atoms in total. The zero-order chi connectivity index (χ0) is 17.6. The summed E-state index contributed by atoms with van der Waals surface area (Å²) in [4.78, 5) is 31.7. The van der Waals surface area contributed by atoms with Gasteiger partial charge in [-0.2, -0.15) is 0 Å². The first-order valence-electron chi connectivity index (χ1n) is 7.42. The average Bonchev–Trinajstić information content (AvgIpc) is 3.16. The predicted octanol–water partition coefficient (Wildman–Crippen LogP) is 2.74. The molecule has 0 saturated carbocycles. The smallest absolute Gasteiger partial charge is 0.324 e. The number of anilines is 2. The summed E-state index contributed by atoms with van der Waals surface area (Å²) in [7, 11) is 1.53. The first-order valence-corrected chi connectivity index (χ1v) is 7.42. The molecule has 0 spiro atoms. The van der Waals surface area contributed by atoms with Crippen molar-refractivity contribution >= 4 is 23.4 Å². The van der Waals surface area contributed by atoms with Gasteiger partial charge in [0.15, 0.2) is 0 Å². The van der Waals surface area contributed by atoms with Crippen LogP contribution in [0.25, 0.3) is 11.5 Å². The Labute approximate surface area is 143 Å². The molecule has 0 aliphatic carbocycles. The van der Waals surface area contributed by atoms with Crippen molar-refractivity contribution in [3.05, 3.63) is 60.6 Å². The molecule has 0 unspecified atom stereocenters. The second-order valence-corrected chi connectivity index (χ2v) is 5.00. The van der Waals surface area contributed by atoms with Crippen LogP contribution < -0.4 is 16.0 Å². The van der Waals surface area contributed by atoms with Crippen molar-refractivity contribution in [1.29, 1.82) is 0 Å². The van der Waals surface area contributed by atoms with E-state index < -0.39 is 6.03 Å². The molecular weight excluding hydrogens is 322 g/mol. The maximum Gasteiger partial charge on any atom is 0.324 e. The third-order valence-electron chi connectivity index (χ3n) is 3.31. The predicted molar refractivity (Wildman–Crippen MR) is 92.2 cm³/mol. The van der Waals surface area contributed by atoms with E-state index in [1.165, 1.54) is 25.6 Å². The van der Waals surface area contributed by atoms with Crippen molar-refractivity contribution in [2.45, 2.75) is 0 Å². The van der Waals surface area contributed by atoms with E-state index in [9.17, 15) is 9.59 Å². The summed E-state index contributed by atoms with van der Waals surface area (Å²) in [6, 6.07) is 9.61. The van der Waals surface area contributed by atoms with Gasteiger partial charge in [0.25, 0.3) is 5.91 Å². The topological polar surface area (TPSA) is 109 Å². The van der Waals surface area contributed by atoms with Gasteiger partial charge in [-0.15, -0.1) is 0 Å². The van der Waals surface area contributed by atoms with Gasteiger partial charge in [-0.3, -0.25) is 10.1 Å². The molecule has 0 bridgehead atoms. The van der Waals surface area contributed by atoms with Gasteiger partial charge in [-0.25, -0.2) is 14.8 Å². The zero-order valence-corrected chi connectivity index (χ0v) is 13.3. The number of oxazole rings is 1. The summed E-state index contributed by atoms with van der Waals surface area (Å²) in [6.45, 7) is 0. The maximum atomic E-state index is 12.1. The summed E-state index contributed by atoms with van der Waals surface area (Å²) in [5.74, 6) is 0.522. The van der Waals surface area contributed by atoms with Crippen LogP contribution >= 0.6 is 0 Å². The molecule has 3 amide bonds. The standard InChI is InChI=1S/C17H15N5O3/c1-18-15(23)12-6-7-19-14(10-12)22-17(24)21-13-4-2-11(3-5-13)16-20-8-9-25-16/h2-10H,1H3,(H,18,23)(H2,19,21,22,24). The summed E-state index contributed by atoms with van der Waals surface area (Å²) >= 11 is 0. The molecule has 0 fully saturated rings. The largest absolute Gasteiger partial charge is 0.445 e. The normalized spacial score (nSPS) is 10.1. The highest BCUT2D eigenvalue weighted by atomic mass is 16.3. The number of amides is 3. The lowest BCUT2D eigenvalue weighted by Gasteiger charge is -2.08. The summed E-state index contributed by atoms with van der Waals surface area (Å²) in [6.07, 6.45) is 4.51. The van der Waals surface area contributed by atoms with Crippen LogP contribution in [0.3, 0.4) is 0 Å². The molecule has 2 heterocycles.